The highest BCUT2D eigenvalue weighted by molar-refractivity contribution is 6.34. The number of aromatic nitrogens is 2. The van der Waals surface area contributed by atoms with Gasteiger partial charge in [0.25, 0.3) is 0 Å². The maximum atomic E-state index is 11.1. The molecule has 0 spiro atoms. The molecule has 1 aromatic carbocycles. The van der Waals surface area contributed by atoms with Gasteiger partial charge in [0.05, 0.1) is 22.3 Å². The third-order valence-corrected chi connectivity index (χ3v) is 3.23. The van der Waals surface area contributed by atoms with Crippen molar-refractivity contribution >= 4 is 23.2 Å². The minimum Gasteiger partial charge on any atom is -0.377 e. The molecule has 0 aliphatic heterocycles. The van der Waals surface area contributed by atoms with Gasteiger partial charge in [0.2, 0.25) is 5.91 Å². The standard InChI is InChI=1S/C13H15ClN4O/c1-8(12-5-6-16-18(12)2)17-9-3-4-10(13(15)19)11(14)7-9/h3-8,17H,1-2H3,(H2,15,19). The van der Waals surface area contributed by atoms with Gasteiger partial charge < -0.3 is 11.1 Å². The zero-order valence-corrected chi connectivity index (χ0v) is 11.5. The first-order valence-electron chi connectivity index (χ1n) is 5.83. The van der Waals surface area contributed by atoms with Crippen molar-refractivity contribution < 1.29 is 4.79 Å². The van der Waals surface area contributed by atoms with Crippen LogP contribution in [0.4, 0.5) is 5.69 Å². The van der Waals surface area contributed by atoms with Crippen LogP contribution in [0.5, 0.6) is 0 Å². The Bertz CT molecular complexity index is 608. The Labute approximate surface area is 116 Å². The van der Waals surface area contributed by atoms with Crippen LogP contribution in [0.2, 0.25) is 5.02 Å². The predicted molar refractivity (Wildman–Crippen MR) is 75.2 cm³/mol. The Kier molecular flexibility index (Phi) is 3.76. The molecule has 2 rings (SSSR count). The number of hydrogen-bond acceptors (Lipinski definition) is 3. The molecule has 1 unspecified atom stereocenters. The van der Waals surface area contributed by atoms with Crippen molar-refractivity contribution in [2.24, 2.45) is 12.8 Å². The Hall–Kier alpha value is -2.01. The lowest BCUT2D eigenvalue weighted by molar-refractivity contribution is 0.100. The second-order valence-corrected chi connectivity index (χ2v) is 4.71. The lowest BCUT2D eigenvalue weighted by Crippen LogP contribution is -2.13. The number of rotatable bonds is 4. The lowest BCUT2D eigenvalue weighted by Gasteiger charge is -2.16. The number of hydrogen-bond donors (Lipinski definition) is 2. The first kappa shape index (κ1) is 13.4. The molecular formula is C13H15ClN4O. The van der Waals surface area contributed by atoms with Crippen molar-refractivity contribution in [3.63, 3.8) is 0 Å². The van der Waals surface area contributed by atoms with E-state index in [1.807, 2.05) is 20.0 Å². The van der Waals surface area contributed by atoms with Gasteiger partial charge in [-0.2, -0.15) is 5.10 Å². The number of anilines is 1. The largest absolute Gasteiger partial charge is 0.377 e. The molecule has 5 nitrogen and oxygen atoms in total. The number of carbonyl (C=O) groups excluding carboxylic acids is 1. The summed E-state index contributed by atoms with van der Waals surface area (Å²) in [5.41, 5.74) is 7.40. The van der Waals surface area contributed by atoms with Crippen LogP contribution in [0.15, 0.2) is 30.5 Å². The smallest absolute Gasteiger partial charge is 0.250 e. The molecule has 6 heteroatoms. The average molecular weight is 279 g/mol. The van der Waals surface area contributed by atoms with Gasteiger partial charge in [0.1, 0.15) is 0 Å². The summed E-state index contributed by atoms with van der Waals surface area (Å²) < 4.78 is 1.80. The second-order valence-electron chi connectivity index (χ2n) is 4.30. The molecule has 0 saturated heterocycles. The summed E-state index contributed by atoms with van der Waals surface area (Å²) in [5.74, 6) is -0.531. The topological polar surface area (TPSA) is 72.9 Å². The van der Waals surface area contributed by atoms with Crippen LogP contribution >= 0.6 is 11.6 Å². The highest BCUT2D eigenvalue weighted by Gasteiger charge is 2.11. The number of nitrogens with zero attached hydrogens (tertiary/aromatic N) is 2. The monoisotopic (exact) mass is 278 g/mol. The van der Waals surface area contributed by atoms with Gasteiger partial charge in [-0.15, -0.1) is 0 Å². The Morgan fingerprint density at radius 3 is 2.74 bits per heavy atom. The number of carbonyl (C=O) groups is 1. The number of primary amides is 1. The number of nitrogens with two attached hydrogens (primary N) is 1. The van der Waals surface area contributed by atoms with Gasteiger partial charge in [-0.05, 0) is 31.2 Å². The van der Waals surface area contributed by atoms with Gasteiger partial charge in [0.15, 0.2) is 0 Å². The maximum Gasteiger partial charge on any atom is 0.250 e. The molecule has 0 fully saturated rings. The highest BCUT2D eigenvalue weighted by Crippen LogP contribution is 2.24. The van der Waals surface area contributed by atoms with Crippen LogP contribution < -0.4 is 11.1 Å². The SMILES string of the molecule is CC(Nc1ccc(C(N)=O)c(Cl)c1)c1ccnn1C. The van der Waals surface area contributed by atoms with Crippen molar-refractivity contribution in [3.05, 3.63) is 46.7 Å². The molecule has 0 aliphatic carbocycles. The van der Waals surface area contributed by atoms with E-state index in [-0.39, 0.29) is 6.04 Å². The molecule has 0 aliphatic rings. The van der Waals surface area contributed by atoms with Crippen LogP contribution in [0, 0.1) is 0 Å². The molecule has 1 atom stereocenters. The maximum absolute atomic E-state index is 11.1. The van der Waals surface area contributed by atoms with Crippen LogP contribution in [-0.2, 0) is 7.05 Å². The Balaban J connectivity index is 2.18. The van der Waals surface area contributed by atoms with Crippen molar-refractivity contribution in [2.75, 3.05) is 5.32 Å². The van der Waals surface area contributed by atoms with E-state index in [0.29, 0.717) is 10.6 Å². The van der Waals surface area contributed by atoms with E-state index < -0.39 is 5.91 Å². The van der Waals surface area contributed by atoms with Gasteiger partial charge in [-0.25, -0.2) is 0 Å². The number of aryl methyl sites for hydroxylation is 1. The van der Waals surface area contributed by atoms with E-state index in [4.69, 9.17) is 17.3 Å². The normalized spacial score (nSPS) is 12.2. The van der Waals surface area contributed by atoms with Crippen LogP contribution in [0.1, 0.15) is 29.0 Å². The van der Waals surface area contributed by atoms with E-state index >= 15 is 0 Å². The zero-order valence-electron chi connectivity index (χ0n) is 10.7. The molecule has 2 aromatic rings. The fraction of sp³-hybridized carbons (Fsp3) is 0.231. The minimum absolute atomic E-state index is 0.0722. The van der Waals surface area contributed by atoms with Crippen LogP contribution in [0.25, 0.3) is 0 Å². The summed E-state index contributed by atoms with van der Waals surface area (Å²) in [5, 5.41) is 7.76. The molecule has 3 N–H and O–H groups in total. The molecule has 19 heavy (non-hydrogen) atoms. The van der Waals surface area contributed by atoms with E-state index in [2.05, 4.69) is 10.4 Å². The van der Waals surface area contributed by atoms with Gasteiger partial charge >= 0.3 is 0 Å². The van der Waals surface area contributed by atoms with Crippen molar-refractivity contribution in [3.8, 4) is 0 Å². The molecular weight excluding hydrogens is 264 g/mol. The summed E-state index contributed by atoms with van der Waals surface area (Å²) in [4.78, 5) is 11.1. The summed E-state index contributed by atoms with van der Waals surface area (Å²) in [6, 6.07) is 7.09. The first-order valence-corrected chi connectivity index (χ1v) is 6.20. The molecule has 0 saturated carbocycles. The summed E-state index contributed by atoms with van der Waals surface area (Å²) in [6.07, 6.45) is 1.75. The fourth-order valence-electron chi connectivity index (χ4n) is 1.94. The number of amides is 1. The van der Waals surface area contributed by atoms with E-state index in [0.717, 1.165) is 11.4 Å². The van der Waals surface area contributed by atoms with E-state index in [9.17, 15) is 4.79 Å². The lowest BCUT2D eigenvalue weighted by atomic mass is 10.1. The van der Waals surface area contributed by atoms with E-state index in [1.54, 1.807) is 29.1 Å². The summed E-state index contributed by atoms with van der Waals surface area (Å²) in [6.45, 7) is 2.02. The number of benzene rings is 1. The number of halogens is 1. The zero-order chi connectivity index (χ0) is 14.0. The molecule has 100 valence electrons. The average Bonchev–Trinajstić information content (AvgIpc) is 2.75. The molecule has 1 heterocycles. The predicted octanol–water partition coefficient (Wildman–Crippen LogP) is 2.35. The number of nitrogens with one attached hydrogen (secondary N) is 1. The fourth-order valence-corrected chi connectivity index (χ4v) is 2.21. The third-order valence-electron chi connectivity index (χ3n) is 2.92. The quantitative estimate of drug-likeness (QED) is 0.902. The third kappa shape index (κ3) is 2.88. The molecule has 0 radical (unpaired) electrons. The van der Waals surface area contributed by atoms with Gasteiger partial charge in [-0.3, -0.25) is 9.48 Å². The Morgan fingerprint density at radius 2 is 2.21 bits per heavy atom. The highest BCUT2D eigenvalue weighted by atomic mass is 35.5. The van der Waals surface area contributed by atoms with Gasteiger partial charge in [0, 0.05) is 18.9 Å². The summed E-state index contributed by atoms with van der Waals surface area (Å²) >= 11 is 6.01. The van der Waals surface area contributed by atoms with Crippen molar-refractivity contribution in [1.29, 1.82) is 0 Å². The molecule has 1 aromatic heterocycles. The van der Waals surface area contributed by atoms with E-state index in [1.165, 1.54) is 0 Å². The van der Waals surface area contributed by atoms with Crippen LogP contribution in [0.3, 0.4) is 0 Å². The minimum atomic E-state index is -0.531. The van der Waals surface area contributed by atoms with Crippen LogP contribution in [-0.4, -0.2) is 15.7 Å². The summed E-state index contributed by atoms with van der Waals surface area (Å²) in [7, 11) is 1.89. The Morgan fingerprint density at radius 1 is 1.47 bits per heavy atom. The first-order chi connectivity index (χ1) is 8.99. The van der Waals surface area contributed by atoms with Gasteiger partial charge in [-0.1, -0.05) is 11.6 Å². The molecule has 0 bridgehead atoms. The van der Waals surface area contributed by atoms with Crippen molar-refractivity contribution in [2.45, 2.75) is 13.0 Å². The molecule has 1 amide bonds. The second kappa shape index (κ2) is 5.32. The van der Waals surface area contributed by atoms with Crippen molar-refractivity contribution in [1.82, 2.24) is 9.78 Å².